The molecule has 0 unspecified atom stereocenters. The third-order valence-electron chi connectivity index (χ3n) is 1.85. The van der Waals surface area contributed by atoms with Crippen LogP contribution in [0.25, 0.3) is 0 Å². The summed E-state index contributed by atoms with van der Waals surface area (Å²) in [4.78, 5) is 15.0. The Labute approximate surface area is 80.7 Å². The van der Waals surface area contributed by atoms with Gasteiger partial charge in [0.2, 0.25) is 0 Å². The summed E-state index contributed by atoms with van der Waals surface area (Å²) in [5, 5.41) is 0. The van der Waals surface area contributed by atoms with E-state index in [9.17, 15) is 4.79 Å². The average molecular weight is 187 g/mol. The Morgan fingerprint density at radius 1 is 1.38 bits per heavy atom. The highest BCUT2D eigenvalue weighted by Gasteiger charge is 2.17. The van der Waals surface area contributed by atoms with E-state index in [1.807, 2.05) is 18.7 Å². The smallest absolute Gasteiger partial charge is 0.319 e. The Morgan fingerprint density at radius 2 is 1.92 bits per heavy atom. The summed E-state index contributed by atoms with van der Waals surface area (Å²) in [6.45, 7) is 5.39. The maximum Gasteiger partial charge on any atom is 0.319 e. The monoisotopic (exact) mass is 187 g/mol. The Bertz CT molecular complexity index is 157. The van der Waals surface area contributed by atoms with Gasteiger partial charge in [-0.15, -0.1) is 0 Å². The molecular formula is C9H21N3O. The molecule has 4 nitrogen and oxygen atoms in total. The summed E-state index contributed by atoms with van der Waals surface area (Å²) in [6, 6.07) is 0.296. The van der Waals surface area contributed by atoms with Crippen LogP contribution in [-0.2, 0) is 0 Å². The molecule has 78 valence electrons. The fourth-order valence-electron chi connectivity index (χ4n) is 1.09. The zero-order valence-electron chi connectivity index (χ0n) is 9.08. The molecule has 0 aromatic heterocycles. The molecule has 0 saturated heterocycles. The molecule has 0 aliphatic carbocycles. The van der Waals surface area contributed by atoms with Gasteiger partial charge in [0.1, 0.15) is 0 Å². The molecule has 0 bridgehead atoms. The highest BCUT2D eigenvalue weighted by atomic mass is 16.2. The Kier molecular flexibility index (Phi) is 5.46. The van der Waals surface area contributed by atoms with Crippen molar-refractivity contribution in [2.45, 2.75) is 26.3 Å². The minimum absolute atomic E-state index is 0.0588. The zero-order chi connectivity index (χ0) is 10.4. The van der Waals surface area contributed by atoms with Crippen LogP contribution in [0.1, 0.15) is 20.3 Å². The summed E-state index contributed by atoms with van der Waals surface area (Å²) in [5.41, 5.74) is 5.40. The van der Waals surface area contributed by atoms with Gasteiger partial charge in [-0.3, -0.25) is 0 Å². The number of hydrogen-bond acceptors (Lipinski definition) is 2. The lowest BCUT2D eigenvalue weighted by Gasteiger charge is -2.29. The molecule has 2 amide bonds. The van der Waals surface area contributed by atoms with Crippen LogP contribution in [0.3, 0.4) is 0 Å². The van der Waals surface area contributed by atoms with Gasteiger partial charge in [-0.1, -0.05) is 0 Å². The van der Waals surface area contributed by atoms with E-state index in [4.69, 9.17) is 5.73 Å². The van der Waals surface area contributed by atoms with Crippen LogP contribution in [0.15, 0.2) is 0 Å². The van der Waals surface area contributed by atoms with Gasteiger partial charge in [-0.2, -0.15) is 0 Å². The summed E-state index contributed by atoms with van der Waals surface area (Å²) >= 11 is 0. The minimum Gasteiger partial charge on any atom is -0.331 e. The molecule has 0 fully saturated rings. The van der Waals surface area contributed by atoms with Gasteiger partial charge in [0.25, 0.3) is 0 Å². The van der Waals surface area contributed by atoms with Gasteiger partial charge in [0.05, 0.1) is 0 Å². The number of rotatable bonds is 4. The van der Waals surface area contributed by atoms with E-state index < -0.39 is 0 Å². The lowest BCUT2D eigenvalue weighted by molar-refractivity contribution is 0.156. The SMILES string of the molecule is CC(C)N(CCCN)C(=O)N(C)C. The van der Waals surface area contributed by atoms with Crippen LogP contribution in [0.5, 0.6) is 0 Å². The molecule has 13 heavy (non-hydrogen) atoms. The van der Waals surface area contributed by atoms with E-state index in [1.165, 1.54) is 0 Å². The van der Waals surface area contributed by atoms with Crippen molar-refractivity contribution < 1.29 is 4.79 Å². The van der Waals surface area contributed by atoms with Crippen molar-refractivity contribution in [3.05, 3.63) is 0 Å². The third kappa shape index (κ3) is 4.12. The molecule has 0 aromatic rings. The van der Waals surface area contributed by atoms with Gasteiger partial charge in [0.15, 0.2) is 0 Å². The first-order valence-corrected chi connectivity index (χ1v) is 4.68. The fraction of sp³-hybridized carbons (Fsp3) is 0.889. The number of carbonyl (C=O) groups is 1. The zero-order valence-corrected chi connectivity index (χ0v) is 9.08. The molecule has 0 radical (unpaired) electrons. The maximum absolute atomic E-state index is 11.6. The van der Waals surface area contributed by atoms with Crippen LogP contribution in [-0.4, -0.2) is 49.1 Å². The second-order valence-corrected chi connectivity index (χ2v) is 3.61. The van der Waals surface area contributed by atoms with Gasteiger partial charge >= 0.3 is 6.03 Å². The Hall–Kier alpha value is -0.770. The summed E-state index contributed by atoms with van der Waals surface area (Å²) < 4.78 is 0. The second-order valence-electron chi connectivity index (χ2n) is 3.61. The number of carbonyl (C=O) groups excluding carboxylic acids is 1. The Balaban J connectivity index is 4.16. The Morgan fingerprint density at radius 3 is 2.23 bits per heavy atom. The van der Waals surface area contributed by atoms with Crippen molar-refractivity contribution in [3.63, 3.8) is 0 Å². The number of hydrogen-bond donors (Lipinski definition) is 1. The molecule has 0 spiro atoms. The molecule has 0 atom stereocenters. The topological polar surface area (TPSA) is 49.6 Å². The molecule has 0 saturated carbocycles. The molecule has 0 aliphatic rings. The largest absolute Gasteiger partial charge is 0.331 e. The summed E-state index contributed by atoms with van der Waals surface area (Å²) in [5.74, 6) is 0. The minimum atomic E-state index is 0.0588. The normalized spacial score (nSPS) is 10.3. The molecule has 0 aromatic carbocycles. The third-order valence-corrected chi connectivity index (χ3v) is 1.85. The predicted octanol–water partition coefficient (Wildman–Crippen LogP) is 0.727. The maximum atomic E-state index is 11.6. The van der Waals surface area contributed by atoms with Gasteiger partial charge in [-0.25, -0.2) is 4.79 Å². The van der Waals surface area contributed by atoms with E-state index in [1.54, 1.807) is 19.0 Å². The van der Waals surface area contributed by atoms with Crippen LogP contribution in [0.4, 0.5) is 4.79 Å². The van der Waals surface area contributed by atoms with Crippen LogP contribution < -0.4 is 5.73 Å². The van der Waals surface area contributed by atoms with Crippen molar-refractivity contribution in [3.8, 4) is 0 Å². The first kappa shape index (κ1) is 12.2. The standard InChI is InChI=1S/C9H21N3O/c1-8(2)12(7-5-6-10)9(13)11(3)4/h8H,5-7,10H2,1-4H3. The number of amides is 2. The van der Waals surface area contributed by atoms with Crippen LogP contribution in [0, 0.1) is 0 Å². The van der Waals surface area contributed by atoms with Crippen LogP contribution >= 0.6 is 0 Å². The second kappa shape index (κ2) is 5.80. The first-order valence-electron chi connectivity index (χ1n) is 4.68. The first-order chi connectivity index (χ1) is 6.00. The van der Waals surface area contributed by atoms with E-state index >= 15 is 0 Å². The lowest BCUT2D eigenvalue weighted by Crippen LogP contribution is -2.44. The molecular weight excluding hydrogens is 166 g/mol. The van der Waals surface area contributed by atoms with Gasteiger partial charge in [0, 0.05) is 26.7 Å². The van der Waals surface area contributed by atoms with Crippen molar-refractivity contribution in [2.24, 2.45) is 5.73 Å². The van der Waals surface area contributed by atoms with Crippen molar-refractivity contribution in [1.82, 2.24) is 9.80 Å². The number of nitrogens with zero attached hydrogens (tertiary/aromatic N) is 2. The van der Waals surface area contributed by atoms with Crippen molar-refractivity contribution in [2.75, 3.05) is 27.2 Å². The molecule has 2 N–H and O–H groups in total. The fourth-order valence-corrected chi connectivity index (χ4v) is 1.09. The summed E-state index contributed by atoms with van der Waals surface area (Å²) in [7, 11) is 3.53. The van der Waals surface area contributed by atoms with Crippen molar-refractivity contribution >= 4 is 6.03 Å². The number of nitrogens with two attached hydrogens (primary N) is 1. The number of urea groups is 1. The molecule has 0 rings (SSSR count). The van der Waals surface area contributed by atoms with Crippen LogP contribution in [0.2, 0.25) is 0 Å². The molecule has 4 heteroatoms. The quantitative estimate of drug-likeness (QED) is 0.705. The lowest BCUT2D eigenvalue weighted by atomic mass is 10.3. The molecule has 0 heterocycles. The highest BCUT2D eigenvalue weighted by molar-refractivity contribution is 5.74. The molecule has 0 aliphatic heterocycles. The van der Waals surface area contributed by atoms with E-state index in [0.717, 1.165) is 13.0 Å². The van der Waals surface area contributed by atoms with Gasteiger partial charge in [-0.05, 0) is 26.8 Å². The van der Waals surface area contributed by atoms with Gasteiger partial charge < -0.3 is 15.5 Å². The predicted molar refractivity (Wildman–Crippen MR) is 54.6 cm³/mol. The average Bonchev–Trinajstić information content (AvgIpc) is 2.04. The highest BCUT2D eigenvalue weighted by Crippen LogP contribution is 2.02. The van der Waals surface area contributed by atoms with E-state index in [0.29, 0.717) is 6.54 Å². The van der Waals surface area contributed by atoms with E-state index in [-0.39, 0.29) is 12.1 Å². The van der Waals surface area contributed by atoms with Crippen molar-refractivity contribution in [1.29, 1.82) is 0 Å². The van der Waals surface area contributed by atoms with E-state index in [2.05, 4.69) is 0 Å². The summed E-state index contributed by atoms with van der Waals surface area (Å²) in [6.07, 6.45) is 0.859.